The number of carbonyl (C=O) groups excluding carboxylic acids is 3. The summed E-state index contributed by atoms with van der Waals surface area (Å²) in [5.74, 6) is -2.37. The van der Waals surface area contributed by atoms with Crippen LogP contribution in [-0.4, -0.2) is 70.7 Å². The van der Waals surface area contributed by atoms with Crippen LogP contribution in [0.2, 0.25) is 0 Å². The van der Waals surface area contributed by atoms with Crippen LogP contribution in [0.25, 0.3) is 0 Å². The summed E-state index contributed by atoms with van der Waals surface area (Å²) in [5, 5.41) is 12.2. The zero-order chi connectivity index (χ0) is 13.5. The molecule has 0 unspecified atom stereocenters. The van der Waals surface area contributed by atoms with Crippen LogP contribution in [0.15, 0.2) is 0 Å². The van der Waals surface area contributed by atoms with Gasteiger partial charge in [0.15, 0.2) is 0 Å². The molecule has 0 saturated carbocycles. The Labute approximate surface area is 101 Å². The maximum Gasteiger partial charge on any atom is 0.325 e. The van der Waals surface area contributed by atoms with Gasteiger partial charge < -0.3 is 14.4 Å². The highest BCUT2D eigenvalue weighted by atomic mass is 16.5. The van der Waals surface area contributed by atoms with Crippen molar-refractivity contribution in [3.63, 3.8) is 0 Å². The normalized spacial score (nSPS) is 9.67. The highest BCUT2D eigenvalue weighted by Crippen LogP contribution is 1.98. The average Bonchev–Trinajstić information content (AvgIpc) is 2.90. The van der Waals surface area contributed by atoms with Crippen molar-refractivity contribution >= 4 is 17.8 Å². The van der Waals surface area contributed by atoms with Crippen molar-refractivity contribution in [3.05, 3.63) is 5.82 Å². The molecular weight excluding hydrogens is 246 g/mol. The van der Waals surface area contributed by atoms with Crippen LogP contribution in [0.3, 0.4) is 0 Å². The molecule has 0 aliphatic heterocycles. The van der Waals surface area contributed by atoms with Crippen LogP contribution in [0.4, 0.5) is 0 Å². The van der Waals surface area contributed by atoms with Crippen LogP contribution in [0.1, 0.15) is 10.6 Å². The number of H-pyrrole nitrogens is 1. The minimum Gasteiger partial charge on any atom is -0.468 e. The Hall–Kier alpha value is -2.52. The molecule has 0 atom stereocenters. The van der Waals surface area contributed by atoms with Crippen molar-refractivity contribution in [2.75, 3.05) is 27.3 Å². The fourth-order valence-corrected chi connectivity index (χ4v) is 1.03. The number of aromatic amines is 1. The monoisotopic (exact) mass is 257 g/mol. The number of nitrogens with one attached hydrogen (secondary N) is 1. The number of tetrazole rings is 1. The quantitative estimate of drug-likeness (QED) is 0.599. The van der Waals surface area contributed by atoms with Crippen LogP contribution in [-0.2, 0) is 19.1 Å². The molecule has 0 saturated heterocycles. The topological polar surface area (TPSA) is 127 Å². The van der Waals surface area contributed by atoms with Gasteiger partial charge in [0.1, 0.15) is 13.1 Å². The maximum atomic E-state index is 11.8. The molecule has 1 rings (SSSR count). The van der Waals surface area contributed by atoms with Crippen LogP contribution in [0, 0.1) is 0 Å². The number of nitrogens with zero attached hydrogens (tertiary/aromatic N) is 4. The van der Waals surface area contributed by atoms with Gasteiger partial charge in [0.05, 0.1) is 14.2 Å². The van der Waals surface area contributed by atoms with Crippen molar-refractivity contribution in [1.82, 2.24) is 25.5 Å². The molecule has 0 radical (unpaired) electrons. The summed E-state index contributed by atoms with van der Waals surface area (Å²) in [5.41, 5.74) is 0. The standard InChI is InChI=1S/C8H11N5O5/c1-17-5(14)3-13(4-6(15)18-2)8(16)7-9-11-12-10-7/h3-4H2,1-2H3,(H,9,10,11,12). The van der Waals surface area contributed by atoms with Gasteiger partial charge in [-0.2, -0.15) is 5.21 Å². The zero-order valence-corrected chi connectivity index (χ0v) is 9.74. The Balaban J connectivity index is 2.79. The average molecular weight is 257 g/mol. The Kier molecular flexibility index (Phi) is 4.72. The first-order valence-electron chi connectivity index (χ1n) is 4.74. The summed E-state index contributed by atoms with van der Waals surface area (Å²) < 4.78 is 8.83. The van der Waals surface area contributed by atoms with Gasteiger partial charge in [0.2, 0.25) is 0 Å². The van der Waals surface area contributed by atoms with Crippen molar-refractivity contribution in [3.8, 4) is 0 Å². The molecule has 1 aromatic rings. The molecule has 18 heavy (non-hydrogen) atoms. The molecule has 0 bridgehead atoms. The van der Waals surface area contributed by atoms with Crippen LogP contribution in [0.5, 0.6) is 0 Å². The Morgan fingerprint density at radius 1 is 1.17 bits per heavy atom. The van der Waals surface area contributed by atoms with Crippen molar-refractivity contribution < 1.29 is 23.9 Å². The van der Waals surface area contributed by atoms with E-state index >= 15 is 0 Å². The molecular formula is C8H11N5O5. The van der Waals surface area contributed by atoms with Gasteiger partial charge in [0.25, 0.3) is 11.7 Å². The molecule has 10 heteroatoms. The molecule has 1 aromatic heterocycles. The van der Waals surface area contributed by atoms with Gasteiger partial charge in [-0.1, -0.05) is 0 Å². The molecule has 10 nitrogen and oxygen atoms in total. The Bertz CT molecular complexity index is 413. The number of carbonyl (C=O) groups is 3. The molecule has 0 spiro atoms. The largest absolute Gasteiger partial charge is 0.468 e. The van der Waals surface area contributed by atoms with Crippen molar-refractivity contribution in [1.29, 1.82) is 0 Å². The lowest BCUT2D eigenvalue weighted by molar-refractivity contribution is -0.144. The zero-order valence-electron chi connectivity index (χ0n) is 9.74. The predicted octanol–water partition coefficient (Wildman–Crippen LogP) is -2.01. The van der Waals surface area contributed by atoms with E-state index < -0.39 is 30.9 Å². The number of hydrogen-bond acceptors (Lipinski definition) is 8. The number of methoxy groups -OCH3 is 2. The number of amides is 1. The minimum atomic E-state index is -0.737. The summed E-state index contributed by atoms with van der Waals surface area (Å²) in [4.78, 5) is 35.0. The fraction of sp³-hybridized carbons (Fsp3) is 0.500. The van der Waals surface area contributed by atoms with E-state index in [2.05, 4.69) is 30.1 Å². The highest BCUT2D eigenvalue weighted by molar-refractivity contribution is 5.94. The number of aromatic nitrogens is 4. The van der Waals surface area contributed by atoms with Gasteiger partial charge in [-0.15, -0.1) is 10.2 Å². The third-order valence-electron chi connectivity index (χ3n) is 1.92. The molecule has 0 aromatic carbocycles. The van der Waals surface area contributed by atoms with E-state index in [-0.39, 0.29) is 5.82 Å². The van der Waals surface area contributed by atoms with Crippen LogP contribution < -0.4 is 0 Å². The van der Waals surface area contributed by atoms with Gasteiger partial charge in [-0.3, -0.25) is 14.4 Å². The van der Waals surface area contributed by atoms with E-state index in [9.17, 15) is 14.4 Å². The number of hydrogen-bond donors (Lipinski definition) is 1. The fourth-order valence-electron chi connectivity index (χ4n) is 1.03. The van der Waals surface area contributed by atoms with Gasteiger partial charge in [-0.25, -0.2) is 0 Å². The first-order valence-corrected chi connectivity index (χ1v) is 4.74. The van der Waals surface area contributed by atoms with Gasteiger partial charge in [0, 0.05) is 0 Å². The molecule has 0 aliphatic rings. The van der Waals surface area contributed by atoms with E-state index in [1.54, 1.807) is 0 Å². The van der Waals surface area contributed by atoms with E-state index in [1.807, 2.05) is 0 Å². The Morgan fingerprint density at radius 3 is 2.11 bits per heavy atom. The summed E-state index contributed by atoms with van der Waals surface area (Å²) in [6.07, 6.45) is 0. The van der Waals surface area contributed by atoms with Gasteiger partial charge >= 0.3 is 11.9 Å². The lowest BCUT2D eigenvalue weighted by Crippen LogP contribution is -2.40. The SMILES string of the molecule is COC(=O)CN(CC(=O)OC)C(=O)c1nn[nH]n1. The third-order valence-corrected chi connectivity index (χ3v) is 1.92. The summed E-state index contributed by atoms with van der Waals surface area (Å²) in [6, 6.07) is 0. The lowest BCUT2D eigenvalue weighted by atomic mass is 10.4. The predicted molar refractivity (Wildman–Crippen MR) is 54.1 cm³/mol. The first kappa shape index (κ1) is 13.5. The highest BCUT2D eigenvalue weighted by Gasteiger charge is 2.25. The molecule has 0 fully saturated rings. The van der Waals surface area contributed by atoms with E-state index in [0.29, 0.717) is 0 Å². The second-order valence-electron chi connectivity index (χ2n) is 3.05. The van der Waals surface area contributed by atoms with E-state index in [1.165, 1.54) is 0 Å². The number of rotatable bonds is 5. The lowest BCUT2D eigenvalue weighted by Gasteiger charge is -2.17. The number of esters is 2. The molecule has 98 valence electrons. The smallest absolute Gasteiger partial charge is 0.325 e. The second kappa shape index (κ2) is 6.27. The van der Waals surface area contributed by atoms with E-state index in [4.69, 9.17) is 0 Å². The summed E-state index contributed by atoms with van der Waals surface area (Å²) in [6.45, 7) is -0.835. The van der Waals surface area contributed by atoms with Crippen LogP contribution >= 0.6 is 0 Å². The number of ether oxygens (including phenoxy) is 2. The molecule has 1 amide bonds. The minimum absolute atomic E-state index is 0.261. The molecule has 1 heterocycles. The van der Waals surface area contributed by atoms with Gasteiger partial charge in [-0.05, 0) is 5.21 Å². The maximum absolute atomic E-state index is 11.8. The summed E-state index contributed by atoms with van der Waals surface area (Å²) >= 11 is 0. The van der Waals surface area contributed by atoms with Crippen molar-refractivity contribution in [2.24, 2.45) is 0 Å². The molecule has 0 aliphatic carbocycles. The third kappa shape index (κ3) is 3.50. The summed E-state index contributed by atoms with van der Waals surface area (Å²) in [7, 11) is 2.33. The Morgan fingerprint density at radius 2 is 1.72 bits per heavy atom. The first-order chi connectivity index (χ1) is 8.58. The molecule has 1 N–H and O–H groups in total. The van der Waals surface area contributed by atoms with E-state index in [0.717, 1.165) is 19.1 Å². The van der Waals surface area contributed by atoms with Crippen molar-refractivity contribution in [2.45, 2.75) is 0 Å². The second-order valence-corrected chi connectivity index (χ2v) is 3.05.